The van der Waals surface area contributed by atoms with Crippen molar-refractivity contribution in [3.8, 4) is 5.75 Å². The van der Waals surface area contributed by atoms with E-state index in [1.165, 1.54) is 0 Å². The number of amides is 3. The van der Waals surface area contributed by atoms with E-state index in [1.807, 2.05) is 62.4 Å². The van der Waals surface area contributed by atoms with Gasteiger partial charge in [-0.3, -0.25) is 19.3 Å². The summed E-state index contributed by atoms with van der Waals surface area (Å²) in [5.41, 5.74) is 4.21. The van der Waals surface area contributed by atoms with Crippen LogP contribution in [0.1, 0.15) is 22.3 Å². The van der Waals surface area contributed by atoms with Crippen molar-refractivity contribution in [3.05, 3.63) is 98.9 Å². The number of carbonyl (C=O) groups excluding carboxylic acids is 3. The number of benzene rings is 3. The molecule has 1 N–H and O–H groups in total. The minimum Gasteiger partial charge on any atom is -0.488 e. The van der Waals surface area contributed by atoms with Crippen LogP contribution in [-0.4, -0.2) is 28.5 Å². The van der Waals surface area contributed by atoms with Gasteiger partial charge in [0.05, 0.1) is 4.91 Å². The highest BCUT2D eigenvalue weighted by Gasteiger charge is 2.36. The first-order valence-corrected chi connectivity index (χ1v) is 12.1. The highest BCUT2D eigenvalue weighted by molar-refractivity contribution is 8.18. The molecule has 0 atom stereocenters. The lowest BCUT2D eigenvalue weighted by atomic mass is 10.1. The van der Waals surface area contributed by atoms with E-state index in [9.17, 15) is 14.4 Å². The Morgan fingerprint density at radius 2 is 1.86 bits per heavy atom. The molecule has 3 aromatic rings. The molecule has 1 saturated heterocycles. The highest BCUT2D eigenvalue weighted by Crippen LogP contribution is 2.34. The van der Waals surface area contributed by atoms with Gasteiger partial charge in [-0.1, -0.05) is 65.7 Å². The molecule has 0 bridgehead atoms. The van der Waals surface area contributed by atoms with Crippen LogP contribution in [0, 0.1) is 13.8 Å². The van der Waals surface area contributed by atoms with Crippen molar-refractivity contribution in [2.75, 3.05) is 11.9 Å². The van der Waals surface area contributed by atoms with Crippen LogP contribution < -0.4 is 10.1 Å². The van der Waals surface area contributed by atoms with Crippen molar-refractivity contribution in [2.45, 2.75) is 20.5 Å². The quantitative estimate of drug-likeness (QED) is 0.385. The topological polar surface area (TPSA) is 75.7 Å². The molecule has 1 fully saturated rings. The second-order valence-electron chi connectivity index (χ2n) is 8.10. The van der Waals surface area contributed by atoms with Gasteiger partial charge in [-0.15, -0.1) is 0 Å². The van der Waals surface area contributed by atoms with Gasteiger partial charge in [0.2, 0.25) is 5.91 Å². The Kier molecular flexibility index (Phi) is 7.58. The van der Waals surface area contributed by atoms with Crippen molar-refractivity contribution in [1.29, 1.82) is 0 Å². The third kappa shape index (κ3) is 6.12. The van der Waals surface area contributed by atoms with Gasteiger partial charge in [-0.2, -0.15) is 0 Å². The summed E-state index contributed by atoms with van der Waals surface area (Å²) in [6.07, 6.45) is 1.62. The van der Waals surface area contributed by atoms with Gasteiger partial charge >= 0.3 is 0 Å². The third-order valence-corrected chi connectivity index (χ3v) is 6.63. The summed E-state index contributed by atoms with van der Waals surface area (Å²) >= 11 is 6.89. The van der Waals surface area contributed by atoms with E-state index in [0.717, 1.165) is 33.4 Å². The molecule has 8 heteroatoms. The molecule has 3 aromatic carbocycles. The first-order chi connectivity index (χ1) is 16.8. The molecular formula is C27H23ClN2O4S. The Bertz CT molecular complexity index is 1340. The molecule has 0 saturated carbocycles. The molecule has 1 aliphatic heterocycles. The summed E-state index contributed by atoms with van der Waals surface area (Å²) in [5.74, 6) is -0.421. The van der Waals surface area contributed by atoms with E-state index in [-0.39, 0.29) is 11.4 Å². The number of nitrogens with zero attached hydrogens (tertiary/aromatic N) is 1. The van der Waals surface area contributed by atoms with Crippen LogP contribution >= 0.6 is 23.4 Å². The monoisotopic (exact) mass is 506 g/mol. The summed E-state index contributed by atoms with van der Waals surface area (Å²) in [7, 11) is 0. The van der Waals surface area contributed by atoms with Crippen LogP contribution in [0.4, 0.5) is 10.5 Å². The zero-order valence-corrected chi connectivity index (χ0v) is 20.8. The Labute approximate surface area is 212 Å². The number of carbonyl (C=O) groups is 3. The number of thioether (sulfide) groups is 1. The molecule has 6 nitrogen and oxygen atoms in total. The number of aryl methyl sites for hydroxylation is 2. The van der Waals surface area contributed by atoms with Gasteiger partial charge in [-0.25, -0.2) is 0 Å². The number of hydrogen-bond acceptors (Lipinski definition) is 5. The van der Waals surface area contributed by atoms with Crippen molar-refractivity contribution in [1.82, 2.24) is 4.90 Å². The number of nitrogens with one attached hydrogen (secondary N) is 1. The Morgan fingerprint density at radius 3 is 2.63 bits per heavy atom. The van der Waals surface area contributed by atoms with Crippen LogP contribution in [0.25, 0.3) is 6.08 Å². The lowest BCUT2D eigenvalue weighted by Crippen LogP contribution is -2.36. The number of rotatable bonds is 7. The molecule has 0 aliphatic carbocycles. The minimum atomic E-state index is -0.523. The largest absolute Gasteiger partial charge is 0.488 e. The van der Waals surface area contributed by atoms with Gasteiger partial charge in [0.15, 0.2) is 0 Å². The smallest absolute Gasteiger partial charge is 0.294 e. The molecular weight excluding hydrogens is 484 g/mol. The molecule has 1 aliphatic rings. The Hall–Kier alpha value is -3.55. The van der Waals surface area contributed by atoms with Gasteiger partial charge in [0.25, 0.3) is 11.1 Å². The van der Waals surface area contributed by atoms with Gasteiger partial charge in [0, 0.05) is 16.3 Å². The first kappa shape index (κ1) is 24.6. The van der Waals surface area contributed by atoms with E-state index < -0.39 is 17.1 Å². The number of hydrogen-bond donors (Lipinski definition) is 1. The summed E-state index contributed by atoms with van der Waals surface area (Å²) in [6, 6.07) is 20.4. The lowest BCUT2D eigenvalue weighted by molar-refractivity contribution is -0.127. The molecule has 0 radical (unpaired) electrons. The number of halogens is 1. The fourth-order valence-corrected chi connectivity index (χ4v) is 4.50. The van der Waals surface area contributed by atoms with E-state index in [2.05, 4.69) is 5.32 Å². The van der Waals surface area contributed by atoms with Crippen LogP contribution in [-0.2, 0) is 16.2 Å². The maximum atomic E-state index is 12.9. The van der Waals surface area contributed by atoms with Crippen molar-refractivity contribution < 1.29 is 19.1 Å². The molecule has 35 heavy (non-hydrogen) atoms. The molecule has 1 heterocycles. The third-order valence-electron chi connectivity index (χ3n) is 5.31. The second kappa shape index (κ2) is 10.8. The maximum absolute atomic E-state index is 12.9. The predicted octanol–water partition coefficient (Wildman–Crippen LogP) is 6.21. The zero-order valence-electron chi connectivity index (χ0n) is 19.2. The normalized spacial score (nSPS) is 14.5. The van der Waals surface area contributed by atoms with Gasteiger partial charge in [0.1, 0.15) is 18.9 Å². The van der Waals surface area contributed by atoms with Crippen molar-refractivity contribution in [3.63, 3.8) is 0 Å². The number of ether oxygens (including phenoxy) is 1. The maximum Gasteiger partial charge on any atom is 0.294 e. The number of imide groups is 1. The summed E-state index contributed by atoms with van der Waals surface area (Å²) in [6.45, 7) is 3.85. The molecule has 4 rings (SSSR count). The van der Waals surface area contributed by atoms with E-state index in [0.29, 0.717) is 28.6 Å². The van der Waals surface area contributed by atoms with Gasteiger partial charge in [-0.05, 0) is 61.0 Å². The standard InChI is InChI=1S/C27H23ClN2O4S/c1-17-6-5-7-19(12-17)16-34-23-9-4-3-8-20(23)13-24-26(32)30(27(33)35-24)15-25(31)29-21-11-10-18(2)22(28)14-21/h3-14H,15-16H2,1-2H3,(H,29,31)/b24-13+. The number of para-hydroxylation sites is 1. The van der Waals surface area contributed by atoms with Gasteiger partial charge < -0.3 is 10.1 Å². The van der Waals surface area contributed by atoms with E-state index >= 15 is 0 Å². The Morgan fingerprint density at radius 1 is 1.06 bits per heavy atom. The highest BCUT2D eigenvalue weighted by atomic mass is 35.5. The zero-order chi connectivity index (χ0) is 24.9. The van der Waals surface area contributed by atoms with Crippen molar-refractivity contribution in [2.24, 2.45) is 0 Å². The van der Waals surface area contributed by atoms with Crippen LogP contribution in [0.5, 0.6) is 5.75 Å². The SMILES string of the molecule is Cc1cccc(COc2ccccc2/C=C2/SC(=O)N(CC(=O)Nc3ccc(C)c(Cl)c3)C2=O)c1. The minimum absolute atomic E-state index is 0.229. The van der Waals surface area contributed by atoms with Crippen LogP contribution in [0.15, 0.2) is 71.6 Å². The Balaban J connectivity index is 1.44. The molecule has 3 amide bonds. The molecule has 0 spiro atoms. The summed E-state index contributed by atoms with van der Waals surface area (Å²) < 4.78 is 5.99. The molecule has 0 unspecified atom stereocenters. The first-order valence-electron chi connectivity index (χ1n) is 10.9. The van der Waals surface area contributed by atoms with Crippen LogP contribution in [0.3, 0.4) is 0 Å². The second-order valence-corrected chi connectivity index (χ2v) is 9.50. The molecule has 0 aromatic heterocycles. The predicted molar refractivity (Wildman–Crippen MR) is 139 cm³/mol. The van der Waals surface area contributed by atoms with Crippen LogP contribution in [0.2, 0.25) is 5.02 Å². The number of anilines is 1. The van der Waals surface area contributed by atoms with Crippen molar-refractivity contribution >= 4 is 52.2 Å². The van der Waals surface area contributed by atoms with E-state index in [4.69, 9.17) is 16.3 Å². The summed E-state index contributed by atoms with van der Waals surface area (Å²) in [5, 5.41) is 2.68. The average Bonchev–Trinajstić information content (AvgIpc) is 3.08. The fourth-order valence-electron chi connectivity index (χ4n) is 3.49. The molecule has 178 valence electrons. The van der Waals surface area contributed by atoms with E-state index in [1.54, 1.807) is 24.3 Å². The fraction of sp³-hybridized carbons (Fsp3) is 0.148. The lowest BCUT2D eigenvalue weighted by Gasteiger charge is -2.13. The summed E-state index contributed by atoms with van der Waals surface area (Å²) in [4.78, 5) is 39.0. The average molecular weight is 507 g/mol.